The number of nitrogens with zero attached hydrogens (tertiary/aromatic N) is 1. The number of rotatable bonds is 6. The molecule has 0 spiro atoms. The first-order valence-corrected chi connectivity index (χ1v) is 9.80. The van der Waals surface area contributed by atoms with E-state index in [-0.39, 0.29) is 42.4 Å². The maximum Gasteiger partial charge on any atom is 0.252 e. The molecule has 1 aliphatic heterocycles. The van der Waals surface area contributed by atoms with Gasteiger partial charge in [0.15, 0.2) is 0 Å². The number of carbonyl (C=O) groups is 1. The lowest BCUT2D eigenvalue weighted by Crippen LogP contribution is -2.43. The fourth-order valence-electron chi connectivity index (χ4n) is 3.16. The van der Waals surface area contributed by atoms with Crippen LogP contribution in [0.2, 0.25) is 0 Å². The molecule has 2 N–H and O–H groups in total. The summed E-state index contributed by atoms with van der Waals surface area (Å²) >= 11 is 1.63. The Morgan fingerprint density at radius 2 is 1.96 bits per heavy atom. The van der Waals surface area contributed by atoms with Gasteiger partial charge in [-0.3, -0.25) is 4.79 Å². The molecule has 3 rings (SSSR count). The minimum atomic E-state index is -0.387. The summed E-state index contributed by atoms with van der Waals surface area (Å²) in [4.78, 5) is 16.9. The Labute approximate surface area is 169 Å². The average molecular weight is 413 g/mol. The van der Waals surface area contributed by atoms with Crippen LogP contribution in [0, 0.1) is 5.82 Å². The summed E-state index contributed by atoms with van der Waals surface area (Å²) < 4.78 is 18.9. The van der Waals surface area contributed by atoms with Gasteiger partial charge in [-0.05, 0) is 56.5 Å². The van der Waals surface area contributed by atoms with E-state index < -0.39 is 0 Å². The van der Waals surface area contributed by atoms with Crippen molar-refractivity contribution in [3.63, 3.8) is 0 Å². The molecule has 0 saturated carbocycles. The minimum Gasteiger partial charge on any atom is -0.364 e. The number of hydrogen-bond donors (Lipinski definition) is 1. The molecular formula is C20H26ClFN2O2S. The molecule has 1 aromatic carbocycles. The third-order valence-electron chi connectivity index (χ3n) is 4.67. The molecule has 0 unspecified atom stereocenters. The first kappa shape index (κ1) is 21.8. The first-order chi connectivity index (χ1) is 12.5. The van der Waals surface area contributed by atoms with Crippen molar-refractivity contribution < 1.29 is 13.9 Å². The first-order valence-electron chi connectivity index (χ1n) is 8.98. The van der Waals surface area contributed by atoms with E-state index in [1.54, 1.807) is 23.5 Å². The van der Waals surface area contributed by atoms with Gasteiger partial charge < -0.3 is 15.4 Å². The summed E-state index contributed by atoms with van der Waals surface area (Å²) in [7, 11) is 0. The molecule has 1 saturated heterocycles. The lowest BCUT2D eigenvalue weighted by molar-refractivity contribution is -0.145. The molecule has 148 valence electrons. The quantitative estimate of drug-likeness (QED) is 0.772. The second kappa shape index (κ2) is 9.64. The normalized spacial score (nSPS) is 19.1. The molecule has 1 amide bonds. The molecule has 1 fully saturated rings. The third-order valence-corrected chi connectivity index (χ3v) is 5.79. The number of amides is 1. The molecule has 0 aliphatic carbocycles. The van der Waals surface area contributed by atoms with E-state index in [4.69, 9.17) is 10.5 Å². The fraction of sp³-hybridized carbons (Fsp3) is 0.450. The van der Waals surface area contributed by atoms with Crippen molar-refractivity contribution in [1.29, 1.82) is 0 Å². The molecule has 0 radical (unpaired) electrons. The molecule has 4 nitrogen and oxygen atoms in total. The van der Waals surface area contributed by atoms with Gasteiger partial charge in [-0.25, -0.2) is 4.39 Å². The molecule has 2 heterocycles. The maximum atomic E-state index is 13.1. The van der Waals surface area contributed by atoms with E-state index in [2.05, 4.69) is 0 Å². The van der Waals surface area contributed by atoms with Gasteiger partial charge in [-0.2, -0.15) is 0 Å². The predicted octanol–water partition coefficient (Wildman–Crippen LogP) is 4.22. The van der Waals surface area contributed by atoms with Crippen LogP contribution in [0.5, 0.6) is 0 Å². The van der Waals surface area contributed by atoms with Gasteiger partial charge in [0.25, 0.3) is 5.91 Å². The average Bonchev–Trinajstić information content (AvgIpc) is 3.29. The Kier molecular flexibility index (Phi) is 7.79. The largest absolute Gasteiger partial charge is 0.364 e. The highest BCUT2D eigenvalue weighted by Crippen LogP contribution is 2.30. The highest BCUT2D eigenvalue weighted by molar-refractivity contribution is 7.15. The lowest BCUT2D eigenvalue weighted by Gasteiger charge is -2.29. The topological polar surface area (TPSA) is 55.6 Å². The molecule has 2 aromatic rings. The highest BCUT2D eigenvalue weighted by Gasteiger charge is 2.34. The van der Waals surface area contributed by atoms with Gasteiger partial charge in [-0.15, -0.1) is 23.7 Å². The Morgan fingerprint density at radius 1 is 1.26 bits per heavy atom. The second-order valence-corrected chi connectivity index (χ2v) is 8.06. The Bertz CT molecular complexity index is 751. The van der Waals surface area contributed by atoms with Gasteiger partial charge in [0.05, 0.1) is 12.6 Å². The van der Waals surface area contributed by atoms with Crippen molar-refractivity contribution in [3.05, 3.63) is 47.1 Å². The zero-order chi connectivity index (χ0) is 18.7. The van der Waals surface area contributed by atoms with Gasteiger partial charge in [-0.1, -0.05) is 12.1 Å². The van der Waals surface area contributed by atoms with Crippen molar-refractivity contribution in [2.75, 3.05) is 6.54 Å². The number of carbonyl (C=O) groups excluding carboxylic acids is 1. The standard InChI is InChI=1S/C20H25FN2O2S.ClH/c1-13(2)23(20(24)18-9-7-16(11-22)25-18)12-17-8-10-19(26-17)14-3-5-15(21)6-4-14;/h3-6,8,10,13,16,18H,7,9,11-12,22H2,1-2H3;1H/t16-,18+;/m1./s1. The van der Waals surface area contributed by atoms with Crippen LogP contribution in [0.4, 0.5) is 4.39 Å². The zero-order valence-corrected chi connectivity index (χ0v) is 17.2. The van der Waals surface area contributed by atoms with E-state index in [0.717, 1.165) is 28.2 Å². The second-order valence-electron chi connectivity index (χ2n) is 6.89. The molecular weight excluding hydrogens is 387 g/mol. The maximum absolute atomic E-state index is 13.1. The third kappa shape index (κ3) is 5.29. The molecule has 0 bridgehead atoms. The SMILES string of the molecule is CC(C)N(Cc1ccc(-c2ccc(F)cc2)s1)C(=O)[C@@H]1CC[C@H](CN)O1.Cl. The van der Waals surface area contributed by atoms with Crippen LogP contribution < -0.4 is 5.73 Å². The number of ether oxygens (including phenoxy) is 1. The Balaban J connectivity index is 0.00000261. The number of thiophene rings is 1. The fourth-order valence-corrected chi connectivity index (χ4v) is 4.17. The van der Waals surface area contributed by atoms with Gasteiger partial charge in [0, 0.05) is 22.3 Å². The van der Waals surface area contributed by atoms with Crippen LogP contribution in [0.15, 0.2) is 36.4 Å². The molecule has 1 aromatic heterocycles. The van der Waals surface area contributed by atoms with E-state index in [1.165, 1.54) is 12.1 Å². The van der Waals surface area contributed by atoms with Crippen LogP contribution >= 0.6 is 23.7 Å². The van der Waals surface area contributed by atoms with Crippen LogP contribution in [0.25, 0.3) is 10.4 Å². The number of hydrogen-bond acceptors (Lipinski definition) is 4. The monoisotopic (exact) mass is 412 g/mol. The van der Waals surface area contributed by atoms with E-state index in [0.29, 0.717) is 13.1 Å². The van der Waals surface area contributed by atoms with Crippen LogP contribution in [0.3, 0.4) is 0 Å². The molecule has 2 atom stereocenters. The van der Waals surface area contributed by atoms with E-state index in [1.807, 2.05) is 30.9 Å². The van der Waals surface area contributed by atoms with Crippen molar-refractivity contribution >= 4 is 29.7 Å². The molecule has 27 heavy (non-hydrogen) atoms. The predicted molar refractivity (Wildman–Crippen MR) is 110 cm³/mol. The van der Waals surface area contributed by atoms with Gasteiger partial charge in [0.1, 0.15) is 11.9 Å². The molecule has 1 aliphatic rings. The summed E-state index contributed by atoms with van der Waals surface area (Å²) in [5, 5.41) is 0. The van der Waals surface area contributed by atoms with Gasteiger partial charge >= 0.3 is 0 Å². The van der Waals surface area contributed by atoms with E-state index >= 15 is 0 Å². The van der Waals surface area contributed by atoms with Gasteiger partial charge in [0.2, 0.25) is 0 Å². The van der Waals surface area contributed by atoms with Crippen LogP contribution in [-0.4, -0.2) is 35.6 Å². The summed E-state index contributed by atoms with van der Waals surface area (Å²) in [5.74, 6) is -0.206. The van der Waals surface area contributed by atoms with Crippen molar-refractivity contribution in [1.82, 2.24) is 4.90 Å². The molecule has 7 heteroatoms. The van der Waals surface area contributed by atoms with Crippen molar-refractivity contribution in [3.8, 4) is 10.4 Å². The van der Waals surface area contributed by atoms with Crippen molar-refractivity contribution in [2.45, 2.75) is 51.5 Å². The van der Waals surface area contributed by atoms with Crippen molar-refractivity contribution in [2.24, 2.45) is 5.73 Å². The number of nitrogens with two attached hydrogens (primary N) is 1. The van der Waals surface area contributed by atoms with E-state index in [9.17, 15) is 9.18 Å². The lowest BCUT2D eigenvalue weighted by atomic mass is 10.1. The van der Waals surface area contributed by atoms with Crippen LogP contribution in [-0.2, 0) is 16.1 Å². The Morgan fingerprint density at radius 3 is 2.56 bits per heavy atom. The highest BCUT2D eigenvalue weighted by atomic mass is 35.5. The minimum absolute atomic E-state index is 0. The zero-order valence-electron chi connectivity index (χ0n) is 15.6. The number of halogens is 2. The summed E-state index contributed by atoms with van der Waals surface area (Å²) in [5.41, 5.74) is 6.63. The summed E-state index contributed by atoms with van der Waals surface area (Å²) in [6.45, 7) is 5.04. The summed E-state index contributed by atoms with van der Waals surface area (Å²) in [6, 6.07) is 10.6. The smallest absolute Gasteiger partial charge is 0.252 e. The number of benzene rings is 1. The van der Waals surface area contributed by atoms with Crippen LogP contribution in [0.1, 0.15) is 31.6 Å². The Hall–Kier alpha value is -1.47. The summed E-state index contributed by atoms with van der Waals surface area (Å²) in [6.07, 6.45) is 1.18.